The van der Waals surface area contributed by atoms with Gasteiger partial charge in [-0.05, 0) is 59.5 Å². The van der Waals surface area contributed by atoms with Crippen LogP contribution >= 0.6 is 38.5 Å². The van der Waals surface area contributed by atoms with Crippen LogP contribution in [0.3, 0.4) is 0 Å². The van der Waals surface area contributed by atoms with Crippen LogP contribution in [0.25, 0.3) is 0 Å². The monoisotopic (exact) mass is 465 g/mol. The van der Waals surface area contributed by atoms with Crippen LogP contribution in [-0.4, -0.2) is 23.0 Å². The van der Waals surface area contributed by atoms with E-state index in [1.54, 1.807) is 6.07 Å². The summed E-state index contributed by atoms with van der Waals surface area (Å²) >= 11 is 5.42. The molecule has 1 aliphatic rings. The smallest absolute Gasteiger partial charge is 0.326 e. The highest BCUT2D eigenvalue weighted by Gasteiger charge is 2.31. The highest BCUT2D eigenvalue weighted by Crippen LogP contribution is 2.27. The van der Waals surface area contributed by atoms with Crippen molar-refractivity contribution in [1.29, 1.82) is 0 Å². The Labute approximate surface area is 146 Å². The maximum Gasteiger partial charge on any atom is 0.326 e. The molecule has 1 saturated carbocycles. The molecule has 4 nitrogen and oxygen atoms in total. The van der Waals surface area contributed by atoms with Crippen molar-refractivity contribution in [2.75, 3.05) is 0 Å². The molecule has 114 valence electrons. The molecule has 21 heavy (non-hydrogen) atoms. The minimum atomic E-state index is -0.944. The Morgan fingerprint density at radius 3 is 2.57 bits per heavy atom. The fourth-order valence-electron chi connectivity index (χ4n) is 2.74. The SMILES string of the molecule is O=C(NC(C(=O)O)C1CCCCC1)c1cc(Br)ccc1I. The number of carboxylic acid groups (broad SMARTS) is 1. The normalized spacial score (nSPS) is 17.2. The van der Waals surface area contributed by atoms with E-state index >= 15 is 0 Å². The third-order valence-electron chi connectivity index (χ3n) is 3.85. The van der Waals surface area contributed by atoms with E-state index in [0.717, 1.165) is 40.1 Å². The first-order chi connectivity index (χ1) is 9.99. The summed E-state index contributed by atoms with van der Waals surface area (Å²) in [6.45, 7) is 0. The van der Waals surface area contributed by atoms with E-state index in [1.807, 2.05) is 12.1 Å². The van der Waals surface area contributed by atoms with E-state index < -0.39 is 12.0 Å². The molecule has 1 aliphatic carbocycles. The maximum absolute atomic E-state index is 12.4. The van der Waals surface area contributed by atoms with E-state index in [0.29, 0.717) is 5.56 Å². The Morgan fingerprint density at radius 1 is 1.29 bits per heavy atom. The van der Waals surface area contributed by atoms with Crippen molar-refractivity contribution in [2.45, 2.75) is 38.1 Å². The van der Waals surface area contributed by atoms with Crippen LogP contribution in [0.1, 0.15) is 42.5 Å². The average molecular weight is 466 g/mol. The first-order valence-electron chi connectivity index (χ1n) is 6.98. The largest absolute Gasteiger partial charge is 0.480 e. The summed E-state index contributed by atoms with van der Waals surface area (Å²) in [5.74, 6) is -1.23. The van der Waals surface area contributed by atoms with Gasteiger partial charge in [0, 0.05) is 8.04 Å². The minimum absolute atomic E-state index is 0.0324. The van der Waals surface area contributed by atoms with E-state index in [2.05, 4.69) is 43.8 Å². The zero-order chi connectivity index (χ0) is 15.4. The number of hydrogen-bond donors (Lipinski definition) is 2. The molecule has 6 heteroatoms. The van der Waals surface area contributed by atoms with Crippen LogP contribution in [0, 0.1) is 9.49 Å². The molecular formula is C15H17BrINO3. The number of benzene rings is 1. The van der Waals surface area contributed by atoms with Crippen LogP contribution in [0.15, 0.2) is 22.7 Å². The number of halogens is 2. The number of carbonyl (C=O) groups is 2. The summed E-state index contributed by atoms with van der Waals surface area (Å²) in [6, 6.07) is 4.61. The molecule has 0 heterocycles. The van der Waals surface area contributed by atoms with Crippen molar-refractivity contribution in [3.05, 3.63) is 31.8 Å². The van der Waals surface area contributed by atoms with Gasteiger partial charge in [-0.3, -0.25) is 4.79 Å². The molecule has 0 spiro atoms. The number of nitrogens with one attached hydrogen (secondary N) is 1. The van der Waals surface area contributed by atoms with Crippen LogP contribution in [0.2, 0.25) is 0 Å². The molecular weight excluding hydrogens is 449 g/mol. The van der Waals surface area contributed by atoms with E-state index in [9.17, 15) is 14.7 Å². The highest BCUT2D eigenvalue weighted by atomic mass is 127. The molecule has 1 aromatic carbocycles. The lowest BCUT2D eigenvalue weighted by atomic mass is 9.84. The zero-order valence-corrected chi connectivity index (χ0v) is 15.2. The van der Waals surface area contributed by atoms with Gasteiger partial charge in [0.2, 0.25) is 0 Å². The fourth-order valence-corrected chi connectivity index (χ4v) is 3.68. The first-order valence-corrected chi connectivity index (χ1v) is 8.85. The standard InChI is InChI=1S/C15H17BrINO3/c16-10-6-7-12(17)11(8-10)14(19)18-13(15(20)21)9-4-2-1-3-5-9/h6-9,13H,1-5H2,(H,18,19)(H,20,21). The van der Waals surface area contributed by atoms with E-state index in [1.165, 1.54) is 0 Å². The highest BCUT2D eigenvalue weighted by molar-refractivity contribution is 14.1. The number of aliphatic carboxylic acids is 1. The predicted molar refractivity (Wildman–Crippen MR) is 92.3 cm³/mol. The molecule has 1 fully saturated rings. The van der Waals surface area contributed by atoms with Crippen LogP contribution in [0.5, 0.6) is 0 Å². The third kappa shape index (κ3) is 4.42. The molecule has 1 unspecified atom stereocenters. The molecule has 0 aromatic heterocycles. The van der Waals surface area contributed by atoms with Gasteiger partial charge in [-0.2, -0.15) is 0 Å². The van der Waals surface area contributed by atoms with E-state index in [4.69, 9.17) is 0 Å². The molecule has 0 aliphatic heterocycles. The average Bonchev–Trinajstić information content (AvgIpc) is 2.47. The number of amides is 1. The number of rotatable bonds is 4. The summed E-state index contributed by atoms with van der Waals surface area (Å²) < 4.78 is 1.61. The zero-order valence-electron chi connectivity index (χ0n) is 11.4. The van der Waals surface area contributed by atoms with Crippen molar-refractivity contribution < 1.29 is 14.7 Å². The molecule has 0 saturated heterocycles. The van der Waals surface area contributed by atoms with Gasteiger partial charge in [0.05, 0.1) is 5.56 Å². The fraction of sp³-hybridized carbons (Fsp3) is 0.467. The number of carbonyl (C=O) groups excluding carboxylic acids is 1. The second-order valence-corrected chi connectivity index (χ2v) is 7.39. The molecule has 0 bridgehead atoms. The van der Waals surface area contributed by atoms with Gasteiger partial charge in [0.25, 0.3) is 5.91 Å². The van der Waals surface area contributed by atoms with Gasteiger partial charge in [-0.1, -0.05) is 35.2 Å². The Kier molecular flexibility index (Phi) is 6.04. The Bertz CT molecular complexity index is 544. The molecule has 0 radical (unpaired) electrons. The van der Waals surface area contributed by atoms with Gasteiger partial charge in [0.15, 0.2) is 0 Å². The van der Waals surface area contributed by atoms with Crippen molar-refractivity contribution in [3.8, 4) is 0 Å². The van der Waals surface area contributed by atoms with Crippen molar-refractivity contribution in [2.24, 2.45) is 5.92 Å². The molecule has 1 atom stereocenters. The van der Waals surface area contributed by atoms with E-state index in [-0.39, 0.29) is 11.8 Å². The predicted octanol–water partition coefficient (Wildman–Crippen LogP) is 3.82. The van der Waals surface area contributed by atoms with Crippen molar-refractivity contribution in [3.63, 3.8) is 0 Å². The molecule has 1 aromatic rings. The summed E-state index contributed by atoms with van der Waals surface area (Å²) in [4.78, 5) is 23.9. The summed E-state index contributed by atoms with van der Waals surface area (Å²) in [5, 5.41) is 12.1. The first kappa shape index (κ1) is 16.7. The van der Waals surface area contributed by atoms with Crippen LogP contribution in [-0.2, 0) is 4.79 Å². The van der Waals surface area contributed by atoms with Gasteiger partial charge in [0.1, 0.15) is 6.04 Å². The van der Waals surface area contributed by atoms with Crippen LogP contribution in [0.4, 0.5) is 0 Å². The summed E-state index contributed by atoms with van der Waals surface area (Å²) in [6.07, 6.45) is 4.97. The second kappa shape index (κ2) is 7.58. The van der Waals surface area contributed by atoms with Crippen molar-refractivity contribution in [1.82, 2.24) is 5.32 Å². The topological polar surface area (TPSA) is 66.4 Å². The minimum Gasteiger partial charge on any atom is -0.480 e. The number of hydrogen-bond acceptors (Lipinski definition) is 2. The quantitative estimate of drug-likeness (QED) is 0.664. The maximum atomic E-state index is 12.4. The molecule has 2 rings (SSSR count). The Morgan fingerprint density at radius 2 is 1.95 bits per heavy atom. The molecule has 2 N–H and O–H groups in total. The second-order valence-electron chi connectivity index (χ2n) is 5.31. The third-order valence-corrected chi connectivity index (χ3v) is 5.28. The molecule has 1 amide bonds. The lowest BCUT2D eigenvalue weighted by Crippen LogP contribution is -2.46. The lowest BCUT2D eigenvalue weighted by Gasteiger charge is -2.28. The summed E-state index contributed by atoms with van der Waals surface area (Å²) in [7, 11) is 0. The van der Waals surface area contributed by atoms with Gasteiger partial charge in [-0.15, -0.1) is 0 Å². The summed E-state index contributed by atoms with van der Waals surface area (Å²) in [5.41, 5.74) is 0.507. The number of carboxylic acids is 1. The van der Waals surface area contributed by atoms with Crippen LogP contribution < -0.4 is 5.32 Å². The van der Waals surface area contributed by atoms with Gasteiger partial charge in [-0.25, -0.2) is 4.79 Å². The lowest BCUT2D eigenvalue weighted by molar-refractivity contribution is -0.141. The Balaban J connectivity index is 2.14. The van der Waals surface area contributed by atoms with Crippen molar-refractivity contribution >= 4 is 50.4 Å². The van der Waals surface area contributed by atoms with Gasteiger partial charge < -0.3 is 10.4 Å². The Hall–Kier alpha value is -0.630. The van der Waals surface area contributed by atoms with Gasteiger partial charge >= 0.3 is 5.97 Å².